The summed E-state index contributed by atoms with van der Waals surface area (Å²) in [5, 5.41) is 5.26. The number of amides is 2. The summed E-state index contributed by atoms with van der Waals surface area (Å²) in [6.45, 7) is 0. The lowest BCUT2D eigenvalue weighted by Gasteiger charge is -2.16. The Morgan fingerprint density at radius 1 is 0.963 bits per heavy atom. The Labute approximate surface area is 158 Å². The molecule has 0 aromatic heterocycles. The number of anilines is 2. The lowest BCUT2D eigenvalue weighted by molar-refractivity contribution is -0.116. The fourth-order valence-corrected chi connectivity index (χ4v) is 2.89. The number of benzene rings is 3. The van der Waals surface area contributed by atoms with Gasteiger partial charge in [-0.2, -0.15) is 0 Å². The zero-order valence-electron chi connectivity index (χ0n) is 15.4. The van der Waals surface area contributed by atoms with Gasteiger partial charge in [0.1, 0.15) is 0 Å². The molecule has 0 aliphatic heterocycles. The van der Waals surface area contributed by atoms with Gasteiger partial charge in [-0.3, -0.25) is 9.69 Å². The third-order valence-corrected chi connectivity index (χ3v) is 4.44. The number of nitrogens with one attached hydrogen (secondary N) is 1. The minimum atomic E-state index is -0.442. The van der Waals surface area contributed by atoms with Gasteiger partial charge in [0.25, 0.3) is 0 Å². The number of aryl methyl sites for hydroxylation is 1. The van der Waals surface area contributed by atoms with Crippen molar-refractivity contribution >= 4 is 34.1 Å². The summed E-state index contributed by atoms with van der Waals surface area (Å²) in [5.74, 6) is -0.0442. The molecule has 0 aliphatic carbocycles. The molecule has 0 fully saturated rings. The second-order valence-corrected chi connectivity index (χ2v) is 6.31. The third kappa shape index (κ3) is 4.64. The van der Waals surface area contributed by atoms with Gasteiger partial charge in [-0.1, -0.05) is 42.5 Å². The molecule has 0 saturated carbocycles. The van der Waals surface area contributed by atoms with E-state index in [0.29, 0.717) is 24.2 Å². The molecule has 0 aliphatic rings. The van der Waals surface area contributed by atoms with Crippen LogP contribution in [-0.2, 0) is 16.0 Å². The van der Waals surface area contributed by atoms with Crippen LogP contribution in [0.2, 0.25) is 0 Å². The van der Waals surface area contributed by atoms with Crippen molar-refractivity contribution in [3.63, 3.8) is 0 Å². The summed E-state index contributed by atoms with van der Waals surface area (Å²) in [6, 6.07) is 21.5. The zero-order chi connectivity index (χ0) is 19.2. The molecular weight excluding hydrogens is 340 g/mol. The predicted molar refractivity (Wildman–Crippen MR) is 108 cm³/mol. The van der Waals surface area contributed by atoms with Crippen molar-refractivity contribution in [2.75, 3.05) is 24.4 Å². The van der Waals surface area contributed by atoms with E-state index in [1.807, 2.05) is 12.1 Å². The lowest BCUT2D eigenvalue weighted by Crippen LogP contribution is -2.25. The number of nitrogens with zero attached hydrogens (tertiary/aromatic N) is 1. The predicted octanol–water partition coefficient (Wildman–Crippen LogP) is 4.61. The fraction of sp³-hybridized carbons (Fsp3) is 0.182. The Hall–Kier alpha value is -3.34. The molecular formula is C22H22N2O3. The van der Waals surface area contributed by atoms with Crippen LogP contribution in [0.5, 0.6) is 0 Å². The molecule has 138 valence electrons. The number of ether oxygens (including phenoxy) is 1. The molecule has 27 heavy (non-hydrogen) atoms. The maximum absolute atomic E-state index is 12.2. The molecule has 0 spiro atoms. The number of carbonyl (C=O) groups is 2. The highest BCUT2D eigenvalue weighted by Gasteiger charge is 2.10. The lowest BCUT2D eigenvalue weighted by atomic mass is 10.0. The molecule has 0 atom stereocenters. The Morgan fingerprint density at radius 3 is 2.37 bits per heavy atom. The second kappa shape index (κ2) is 8.36. The Kier molecular flexibility index (Phi) is 5.71. The maximum Gasteiger partial charge on any atom is 0.413 e. The Bertz CT molecular complexity index is 951. The smallest absolute Gasteiger partial charge is 0.413 e. The molecule has 2 amide bonds. The van der Waals surface area contributed by atoms with Gasteiger partial charge < -0.3 is 10.1 Å². The quantitative estimate of drug-likeness (QED) is 0.721. The first-order chi connectivity index (χ1) is 13.1. The molecule has 5 heteroatoms. The van der Waals surface area contributed by atoms with Crippen LogP contribution in [0.15, 0.2) is 66.7 Å². The highest BCUT2D eigenvalue weighted by atomic mass is 16.5. The van der Waals surface area contributed by atoms with Gasteiger partial charge >= 0.3 is 6.09 Å². The number of hydrogen-bond donors (Lipinski definition) is 1. The molecule has 0 unspecified atom stereocenters. The minimum absolute atomic E-state index is 0.0442. The molecule has 3 rings (SSSR count). The normalized spacial score (nSPS) is 10.4. The molecule has 5 nitrogen and oxygen atoms in total. The van der Waals surface area contributed by atoms with Crippen molar-refractivity contribution < 1.29 is 14.3 Å². The molecule has 0 radical (unpaired) electrons. The van der Waals surface area contributed by atoms with E-state index in [4.69, 9.17) is 0 Å². The number of rotatable bonds is 5. The van der Waals surface area contributed by atoms with Crippen LogP contribution in [0.4, 0.5) is 16.2 Å². The molecule has 3 aromatic rings. The van der Waals surface area contributed by atoms with Gasteiger partial charge in [0.2, 0.25) is 5.91 Å². The van der Waals surface area contributed by atoms with Crippen LogP contribution < -0.4 is 10.2 Å². The van der Waals surface area contributed by atoms with E-state index in [-0.39, 0.29) is 5.91 Å². The van der Waals surface area contributed by atoms with Crippen molar-refractivity contribution in [2.45, 2.75) is 12.8 Å². The van der Waals surface area contributed by atoms with Crippen molar-refractivity contribution in [2.24, 2.45) is 0 Å². The summed E-state index contributed by atoms with van der Waals surface area (Å²) in [7, 11) is 2.96. The molecule has 3 aromatic carbocycles. The largest absolute Gasteiger partial charge is 0.452 e. The first-order valence-corrected chi connectivity index (χ1v) is 8.76. The minimum Gasteiger partial charge on any atom is -0.452 e. The molecule has 1 N–H and O–H groups in total. The Morgan fingerprint density at radius 2 is 1.67 bits per heavy atom. The van der Waals surface area contributed by atoms with E-state index in [0.717, 1.165) is 5.56 Å². The van der Waals surface area contributed by atoms with Crippen molar-refractivity contribution in [3.8, 4) is 0 Å². The number of hydrogen-bond acceptors (Lipinski definition) is 3. The molecule has 0 heterocycles. The summed E-state index contributed by atoms with van der Waals surface area (Å²) >= 11 is 0. The van der Waals surface area contributed by atoms with Crippen LogP contribution in [0, 0.1) is 0 Å². The van der Waals surface area contributed by atoms with Gasteiger partial charge in [-0.15, -0.1) is 0 Å². The average Bonchev–Trinajstić information content (AvgIpc) is 2.71. The van der Waals surface area contributed by atoms with E-state index in [9.17, 15) is 9.59 Å². The average molecular weight is 362 g/mol. The monoisotopic (exact) mass is 362 g/mol. The fourth-order valence-electron chi connectivity index (χ4n) is 2.89. The first kappa shape index (κ1) is 18.5. The topological polar surface area (TPSA) is 58.6 Å². The van der Waals surface area contributed by atoms with E-state index < -0.39 is 6.09 Å². The van der Waals surface area contributed by atoms with Gasteiger partial charge in [-0.25, -0.2) is 4.79 Å². The Balaban J connectivity index is 1.56. The third-order valence-electron chi connectivity index (χ3n) is 4.44. The highest BCUT2D eigenvalue weighted by molar-refractivity contribution is 5.92. The van der Waals surface area contributed by atoms with E-state index >= 15 is 0 Å². The highest BCUT2D eigenvalue weighted by Crippen LogP contribution is 2.19. The number of methoxy groups -OCH3 is 1. The van der Waals surface area contributed by atoms with Crippen molar-refractivity contribution in [1.29, 1.82) is 0 Å². The van der Waals surface area contributed by atoms with Gasteiger partial charge in [0.05, 0.1) is 7.11 Å². The zero-order valence-corrected chi connectivity index (χ0v) is 15.4. The second-order valence-electron chi connectivity index (χ2n) is 6.31. The number of fused-ring (bicyclic) bond motifs is 1. The van der Waals surface area contributed by atoms with Crippen LogP contribution in [0.25, 0.3) is 10.8 Å². The van der Waals surface area contributed by atoms with Gasteiger partial charge in [0.15, 0.2) is 0 Å². The van der Waals surface area contributed by atoms with E-state index in [1.54, 1.807) is 31.3 Å². The SMILES string of the molecule is COC(=O)N(C)c1ccc(NC(=O)CCc2ccc3ccccc3c2)cc1. The standard InChI is InChI=1S/C22H22N2O3/c1-24(22(26)27-2)20-12-10-19(11-13-20)23-21(25)14-8-16-7-9-17-5-3-4-6-18(17)15-16/h3-7,9-13,15H,8,14H2,1-2H3,(H,23,25). The van der Waals surface area contributed by atoms with E-state index in [2.05, 4.69) is 40.4 Å². The molecule has 0 saturated heterocycles. The van der Waals surface area contributed by atoms with Crippen molar-refractivity contribution in [3.05, 3.63) is 72.3 Å². The van der Waals surface area contributed by atoms with Gasteiger partial charge in [-0.05, 0) is 47.0 Å². The maximum atomic E-state index is 12.2. The summed E-state index contributed by atoms with van der Waals surface area (Å²) in [4.78, 5) is 25.1. The van der Waals surface area contributed by atoms with Crippen LogP contribution in [-0.4, -0.2) is 26.2 Å². The summed E-state index contributed by atoms with van der Waals surface area (Å²) < 4.78 is 4.68. The van der Waals surface area contributed by atoms with Crippen LogP contribution >= 0.6 is 0 Å². The first-order valence-electron chi connectivity index (χ1n) is 8.76. The summed E-state index contributed by atoms with van der Waals surface area (Å²) in [6.07, 6.45) is 0.643. The molecule has 0 bridgehead atoms. The summed E-state index contributed by atoms with van der Waals surface area (Å²) in [5.41, 5.74) is 2.52. The van der Waals surface area contributed by atoms with Crippen LogP contribution in [0.1, 0.15) is 12.0 Å². The number of carbonyl (C=O) groups excluding carboxylic acids is 2. The van der Waals surface area contributed by atoms with Crippen LogP contribution in [0.3, 0.4) is 0 Å². The van der Waals surface area contributed by atoms with E-state index in [1.165, 1.54) is 22.8 Å². The van der Waals surface area contributed by atoms with Gasteiger partial charge in [0, 0.05) is 24.8 Å². The van der Waals surface area contributed by atoms with Crippen molar-refractivity contribution in [1.82, 2.24) is 0 Å².